The topological polar surface area (TPSA) is 38.3 Å². The molecule has 0 aliphatic carbocycles. The maximum Gasteiger partial charge on any atom is 0.262 e. The van der Waals surface area contributed by atoms with Gasteiger partial charge in [-0.25, -0.2) is 0 Å². The van der Waals surface area contributed by atoms with Crippen LogP contribution in [0.5, 0.6) is 5.75 Å². The average molecular weight is 362 g/mol. The SMILES string of the molecule is CC(C)(C)c1ccc(NC(=O)COc2ccc(Br)cc2)cc1. The van der Waals surface area contributed by atoms with Gasteiger partial charge < -0.3 is 10.1 Å². The molecule has 0 saturated heterocycles. The van der Waals surface area contributed by atoms with Gasteiger partial charge in [-0.15, -0.1) is 0 Å². The molecular formula is C18H20BrNO2. The van der Waals surface area contributed by atoms with Crippen LogP contribution in [-0.2, 0) is 10.2 Å². The zero-order valence-corrected chi connectivity index (χ0v) is 14.6. The smallest absolute Gasteiger partial charge is 0.262 e. The first-order valence-corrected chi connectivity index (χ1v) is 7.93. The lowest BCUT2D eigenvalue weighted by Crippen LogP contribution is -2.20. The number of carbonyl (C=O) groups excluding carboxylic acids is 1. The van der Waals surface area contributed by atoms with Crippen molar-refractivity contribution in [2.75, 3.05) is 11.9 Å². The predicted molar refractivity (Wildman–Crippen MR) is 93.4 cm³/mol. The van der Waals surface area contributed by atoms with Gasteiger partial charge in [-0.3, -0.25) is 4.79 Å². The fourth-order valence-electron chi connectivity index (χ4n) is 1.93. The highest BCUT2D eigenvalue weighted by Crippen LogP contribution is 2.23. The molecule has 22 heavy (non-hydrogen) atoms. The summed E-state index contributed by atoms with van der Waals surface area (Å²) >= 11 is 3.35. The second-order valence-electron chi connectivity index (χ2n) is 6.12. The van der Waals surface area contributed by atoms with Gasteiger partial charge in [0.1, 0.15) is 5.75 Å². The van der Waals surface area contributed by atoms with E-state index in [-0.39, 0.29) is 17.9 Å². The summed E-state index contributed by atoms with van der Waals surface area (Å²) in [5, 5.41) is 2.83. The average Bonchev–Trinajstić information content (AvgIpc) is 2.46. The molecular weight excluding hydrogens is 342 g/mol. The summed E-state index contributed by atoms with van der Waals surface area (Å²) in [6.07, 6.45) is 0. The maximum absolute atomic E-state index is 11.9. The maximum atomic E-state index is 11.9. The van der Waals surface area contributed by atoms with Gasteiger partial charge >= 0.3 is 0 Å². The van der Waals surface area contributed by atoms with Gasteiger partial charge in [0, 0.05) is 10.2 Å². The lowest BCUT2D eigenvalue weighted by atomic mass is 9.87. The van der Waals surface area contributed by atoms with Crippen molar-refractivity contribution in [3.8, 4) is 5.75 Å². The van der Waals surface area contributed by atoms with Crippen LogP contribution in [-0.4, -0.2) is 12.5 Å². The molecule has 0 fully saturated rings. The molecule has 0 aromatic heterocycles. The third-order valence-corrected chi connectivity index (χ3v) is 3.75. The fourth-order valence-corrected chi connectivity index (χ4v) is 2.19. The number of anilines is 1. The molecule has 2 aromatic rings. The van der Waals surface area contributed by atoms with Gasteiger partial charge in [-0.1, -0.05) is 48.8 Å². The highest BCUT2D eigenvalue weighted by atomic mass is 79.9. The molecule has 0 aliphatic rings. The van der Waals surface area contributed by atoms with Gasteiger partial charge in [0.2, 0.25) is 0 Å². The Labute approximate surface area is 139 Å². The van der Waals surface area contributed by atoms with Crippen LogP contribution in [0.15, 0.2) is 53.0 Å². The number of hydrogen-bond donors (Lipinski definition) is 1. The van der Waals surface area contributed by atoms with E-state index in [1.807, 2.05) is 48.5 Å². The van der Waals surface area contributed by atoms with E-state index in [0.717, 1.165) is 10.2 Å². The molecule has 2 rings (SSSR count). The first-order valence-electron chi connectivity index (χ1n) is 7.13. The molecule has 1 amide bonds. The zero-order valence-electron chi connectivity index (χ0n) is 13.0. The Kier molecular flexibility index (Phi) is 5.24. The highest BCUT2D eigenvalue weighted by Gasteiger charge is 2.13. The van der Waals surface area contributed by atoms with Crippen molar-refractivity contribution in [3.63, 3.8) is 0 Å². The van der Waals surface area contributed by atoms with Crippen LogP contribution in [0.1, 0.15) is 26.3 Å². The first-order chi connectivity index (χ1) is 10.3. The van der Waals surface area contributed by atoms with Crippen LogP contribution in [0.2, 0.25) is 0 Å². The molecule has 116 valence electrons. The molecule has 2 aromatic carbocycles. The lowest BCUT2D eigenvalue weighted by molar-refractivity contribution is -0.118. The molecule has 0 bridgehead atoms. The summed E-state index contributed by atoms with van der Waals surface area (Å²) in [6, 6.07) is 15.3. The molecule has 0 radical (unpaired) electrons. The quantitative estimate of drug-likeness (QED) is 0.851. The predicted octanol–water partition coefficient (Wildman–Crippen LogP) is 4.76. The van der Waals surface area contributed by atoms with E-state index in [0.29, 0.717) is 5.75 Å². The number of ether oxygens (including phenoxy) is 1. The van der Waals surface area contributed by atoms with E-state index in [1.165, 1.54) is 5.56 Å². The molecule has 3 nitrogen and oxygen atoms in total. The van der Waals surface area contributed by atoms with Gasteiger partial charge in [0.25, 0.3) is 5.91 Å². The molecule has 0 saturated carbocycles. The normalized spacial score (nSPS) is 11.1. The van der Waals surface area contributed by atoms with Crippen LogP contribution in [0.4, 0.5) is 5.69 Å². The lowest BCUT2D eigenvalue weighted by Gasteiger charge is -2.19. The van der Waals surface area contributed by atoms with Crippen LogP contribution in [0.25, 0.3) is 0 Å². The monoisotopic (exact) mass is 361 g/mol. The van der Waals surface area contributed by atoms with Crippen LogP contribution in [0, 0.1) is 0 Å². The Morgan fingerprint density at radius 1 is 1.05 bits per heavy atom. The molecule has 0 heterocycles. The van der Waals surface area contributed by atoms with Crippen molar-refractivity contribution < 1.29 is 9.53 Å². The summed E-state index contributed by atoms with van der Waals surface area (Å²) in [4.78, 5) is 11.9. The van der Waals surface area contributed by atoms with E-state index in [1.54, 1.807) is 0 Å². The third kappa shape index (κ3) is 4.88. The minimum Gasteiger partial charge on any atom is -0.484 e. The molecule has 0 spiro atoms. The van der Waals surface area contributed by atoms with E-state index in [4.69, 9.17) is 4.74 Å². The number of halogens is 1. The Bertz CT molecular complexity index is 628. The minimum absolute atomic E-state index is 0.0113. The standard InChI is InChI=1S/C18H20BrNO2/c1-18(2,3)13-4-8-15(9-5-13)20-17(21)12-22-16-10-6-14(19)7-11-16/h4-11H,12H2,1-3H3,(H,20,21). The largest absolute Gasteiger partial charge is 0.484 e. The van der Waals surface area contributed by atoms with Gasteiger partial charge in [-0.2, -0.15) is 0 Å². The van der Waals surface area contributed by atoms with E-state index < -0.39 is 0 Å². The number of hydrogen-bond acceptors (Lipinski definition) is 2. The fraction of sp³-hybridized carbons (Fsp3) is 0.278. The summed E-state index contributed by atoms with van der Waals surface area (Å²) in [7, 11) is 0. The van der Waals surface area contributed by atoms with Crippen molar-refractivity contribution in [3.05, 3.63) is 58.6 Å². The summed E-state index contributed by atoms with van der Waals surface area (Å²) in [6.45, 7) is 6.47. The third-order valence-electron chi connectivity index (χ3n) is 3.22. The highest BCUT2D eigenvalue weighted by molar-refractivity contribution is 9.10. The van der Waals surface area contributed by atoms with E-state index >= 15 is 0 Å². The second kappa shape index (κ2) is 6.97. The van der Waals surface area contributed by atoms with Gasteiger partial charge in [-0.05, 0) is 47.4 Å². The van der Waals surface area contributed by atoms with Crippen LogP contribution >= 0.6 is 15.9 Å². The Morgan fingerprint density at radius 2 is 1.64 bits per heavy atom. The van der Waals surface area contributed by atoms with Crippen molar-refractivity contribution in [1.29, 1.82) is 0 Å². The number of nitrogens with one attached hydrogen (secondary N) is 1. The van der Waals surface area contributed by atoms with Crippen LogP contribution < -0.4 is 10.1 Å². The number of carbonyl (C=O) groups is 1. The Morgan fingerprint density at radius 3 is 2.18 bits per heavy atom. The second-order valence-corrected chi connectivity index (χ2v) is 7.03. The molecule has 4 heteroatoms. The van der Waals surface area contributed by atoms with Crippen molar-refractivity contribution in [2.24, 2.45) is 0 Å². The van der Waals surface area contributed by atoms with E-state index in [2.05, 4.69) is 42.0 Å². The Hall–Kier alpha value is -1.81. The van der Waals surface area contributed by atoms with Crippen molar-refractivity contribution in [1.82, 2.24) is 0 Å². The summed E-state index contributed by atoms with van der Waals surface area (Å²) in [5.74, 6) is 0.493. The number of amides is 1. The summed E-state index contributed by atoms with van der Waals surface area (Å²) in [5.41, 5.74) is 2.11. The molecule has 0 aliphatic heterocycles. The molecule has 0 atom stereocenters. The first kappa shape index (κ1) is 16.6. The van der Waals surface area contributed by atoms with Gasteiger partial charge in [0.15, 0.2) is 6.61 Å². The number of rotatable bonds is 4. The van der Waals surface area contributed by atoms with Gasteiger partial charge in [0.05, 0.1) is 0 Å². The van der Waals surface area contributed by atoms with Crippen molar-refractivity contribution in [2.45, 2.75) is 26.2 Å². The number of benzene rings is 2. The zero-order chi connectivity index (χ0) is 16.2. The van der Waals surface area contributed by atoms with Crippen molar-refractivity contribution >= 4 is 27.5 Å². The molecule has 1 N–H and O–H groups in total. The summed E-state index contributed by atoms with van der Waals surface area (Å²) < 4.78 is 6.42. The van der Waals surface area contributed by atoms with Crippen LogP contribution in [0.3, 0.4) is 0 Å². The molecule has 0 unspecified atom stereocenters. The Balaban J connectivity index is 1.88. The minimum atomic E-state index is -0.175. The van der Waals surface area contributed by atoms with E-state index in [9.17, 15) is 4.79 Å².